The molecule has 55 heavy (non-hydrogen) atoms. The third kappa shape index (κ3) is 10.1. The molecule has 3 amide bonds. The van der Waals surface area contributed by atoms with Gasteiger partial charge in [0, 0.05) is 60.3 Å². The molecule has 1 saturated heterocycles. The first-order valence-electron chi connectivity index (χ1n) is 18.2. The predicted molar refractivity (Wildman–Crippen MR) is 212 cm³/mol. The molecule has 1 fully saturated rings. The van der Waals surface area contributed by atoms with Crippen LogP contribution in [0.4, 0.5) is 16.2 Å². The van der Waals surface area contributed by atoms with Crippen molar-refractivity contribution in [3.63, 3.8) is 0 Å². The molecule has 1 aliphatic rings. The van der Waals surface area contributed by atoms with Crippen LogP contribution in [-0.4, -0.2) is 68.4 Å². The van der Waals surface area contributed by atoms with E-state index >= 15 is 0 Å². The van der Waals surface area contributed by atoms with Crippen LogP contribution in [0.2, 0.25) is 0 Å². The lowest BCUT2D eigenvalue weighted by molar-refractivity contribution is -0.117. The Morgan fingerprint density at radius 1 is 0.945 bits per heavy atom. The first kappa shape index (κ1) is 38.6. The molecule has 0 unspecified atom stereocenters. The largest absolute Gasteiger partial charge is 0.494 e. The fourth-order valence-electron chi connectivity index (χ4n) is 6.50. The quantitative estimate of drug-likeness (QED) is 0.114. The van der Waals surface area contributed by atoms with Gasteiger partial charge in [0.05, 0.1) is 49.8 Å². The number of anilines is 2. The number of methoxy groups -OCH3 is 1. The lowest BCUT2D eigenvalue weighted by Gasteiger charge is -2.26. The summed E-state index contributed by atoms with van der Waals surface area (Å²) in [6.45, 7) is 10.7. The zero-order valence-corrected chi connectivity index (χ0v) is 31.6. The van der Waals surface area contributed by atoms with Crippen LogP contribution in [-0.2, 0) is 27.8 Å². The molecule has 0 saturated carbocycles. The maximum absolute atomic E-state index is 13.5. The second kappa shape index (κ2) is 17.3. The van der Waals surface area contributed by atoms with Crippen molar-refractivity contribution < 1.29 is 28.5 Å². The van der Waals surface area contributed by atoms with Crippen LogP contribution in [0.15, 0.2) is 85.1 Å². The van der Waals surface area contributed by atoms with Gasteiger partial charge in [-0.3, -0.25) is 14.7 Å². The van der Waals surface area contributed by atoms with Crippen LogP contribution >= 0.6 is 0 Å². The minimum absolute atomic E-state index is 0.0329. The number of nitrogens with one attached hydrogen (secondary N) is 2. The molecule has 0 spiro atoms. The number of nitriles is 1. The van der Waals surface area contributed by atoms with E-state index in [0.29, 0.717) is 58.5 Å². The van der Waals surface area contributed by atoms with Gasteiger partial charge in [-0.05, 0) is 59.0 Å². The Kier molecular flexibility index (Phi) is 12.1. The van der Waals surface area contributed by atoms with E-state index in [9.17, 15) is 14.9 Å². The van der Waals surface area contributed by atoms with Crippen molar-refractivity contribution in [2.75, 3.05) is 57.2 Å². The third-order valence-corrected chi connectivity index (χ3v) is 9.26. The molecule has 284 valence electrons. The van der Waals surface area contributed by atoms with Crippen LogP contribution in [0.5, 0.6) is 23.0 Å². The zero-order valence-electron chi connectivity index (χ0n) is 31.6. The smallest absolute Gasteiger partial charge is 0.323 e. The minimum atomic E-state index is -0.503. The number of carbonyl (C=O) groups excluding carboxylic acids is 2. The molecule has 0 atom stereocenters. The summed E-state index contributed by atoms with van der Waals surface area (Å²) in [4.78, 5) is 32.2. The van der Waals surface area contributed by atoms with E-state index in [0.717, 1.165) is 60.4 Å². The van der Waals surface area contributed by atoms with Crippen LogP contribution in [0.25, 0.3) is 10.8 Å². The molecule has 0 radical (unpaired) electrons. The van der Waals surface area contributed by atoms with Crippen molar-refractivity contribution >= 4 is 34.1 Å². The van der Waals surface area contributed by atoms with Crippen LogP contribution in [0.1, 0.15) is 48.7 Å². The number of urea groups is 1. The highest BCUT2D eigenvalue weighted by Crippen LogP contribution is 2.37. The molecule has 0 aliphatic carbocycles. The van der Waals surface area contributed by atoms with Crippen molar-refractivity contribution in [3.8, 4) is 29.1 Å². The molecule has 12 nitrogen and oxygen atoms in total. The average molecular weight is 743 g/mol. The van der Waals surface area contributed by atoms with E-state index in [2.05, 4.69) is 26.6 Å². The summed E-state index contributed by atoms with van der Waals surface area (Å²) < 4.78 is 23.5. The summed E-state index contributed by atoms with van der Waals surface area (Å²) in [6.07, 6.45) is 2.13. The molecule has 6 rings (SSSR count). The SMILES string of the molecule is COc1c(CC(N)=O)cc(C(C)(C)C)cc1NC(=O)Nc1ccc(Oc2ccnc(Cc3cc(C#N)cc(OCCN4CCOCC4)c3)c2)c2ccccc12. The van der Waals surface area contributed by atoms with E-state index in [4.69, 9.17) is 24.7 Å². The lowest BCUT2D eigenvalue weighted by Crippen LogP contribution is -2.38. The highest BCUT2D eigenvalue weighted by molar-refractivity contribution is 6.08. The predicted octanol–water partition coefficient (Wildman–Crippen LogP) is 7.18. The summed E-state index contributed by atoms with van der Waals surface area (Å²) in [5, 5.41) is 17.1. The number of fused-ring (bicyclic) bond motifs is 1. The van der Waals surface area contributed by atoms with E-state index in [1.54, 1.807) is 30.5 Å². The van der Waals surface area contributed by atoms with Crippen molar-refractivity contribution in [1.82, 2.24) is 9.88 Å². The van der Waals surface area contributed by atoms with Crippen molar-refractivity contribution in [2.45, 2.75) is 39.0 Å². The van der Waals surface area contributed by atoms with Gasteiger partial charge in [0.2, 0.25) is 5.91 Å². The Labute approximate surface area is 321 Å². The van der Waals surface area contributed by atoms with Gasteiger partial charge < -0.3 is 35.3 Å². The topological polar surface area (TPSA) is 161 Å². The van der Waals surface area contributed by atoms with Gasteiger partial charge in [0.25, 0.3) is 0 Å². The third-order valence-electron chi connectivity index (χ3n) is 9.26. The molecule has 5 aromatic rings. The van der Waals surface area contributed by atoms with Gasteiger partial charge in [-0.2, -0.15) is 5.26 Å². The maximum Gasteiger partial charge on any atom is 0.323 e. The number of aromatic nitrogens is 1. The molecule has 1 aromatic heterocycles. The van der Waals surface area contributed by atoms with Gasteiger partial charge in [-0.1, -0.05) is 51.1 Å². The van der Waals surface area contributed by atoms with Crippen LogP contribution in [0.3, 0.4) is 0 Å². The molecule has 2 heterocycles. The van der Waals surface area contributed by atoms with E-state index in [-0.39, 0.29) is 11.8 Å². The number of hydrogen-bond acceptors (Lipinski definition) is 9. The average Bonchev–Trinajstić information content (AvgIpc) is 3.15. The van der Waals surface area contributed by atoms with Gasteiger partial charge in [0.15, 0.2) is 0 Å². The molecule has 4 N–H and O–H groups in total. The fraction of sp³-hybridized carbons (Fsp3) is 0.302. The number of primary amides is 1. The number of morpholine rings is 1. The van der Waals surface area contributed by atoms with E-state index in [1.807, 2.05) is 75.4 Å². The van der Waals surface area contributed by atoms with E-state index in [1.165, 1.54) is 7.11 Å². The standard InChI is InChI=1S/C43H46N6O6/c1-43(2,3)31-23-30(24-40(45)50)41(52-4)38(25-31)48-42(51)47-37-9-10-39(36-8-6-5-7-35(36)37)55-33-11-12-46-32(26-33)20-28-19-29(27-44)22-34(21-28)54-18-15-49-13-16-53-17-14-49/h5-12,19,21-23,25-26H,13-18,20,24H2,1-4H3,(H2,45,50)(H2,47,48,51). The molecular formula is C43H46N6O6. The van der Waals surface area contributed by atoms with Crippen LogP contribution in [0, 0.1) is 11.3 Å². The second-order valence-electron chi connectivity index (χ2n) is 14.4. The molecule has 4 aromatic carbocycles. The lowest BCUT2D eigenvalue weighted by atomic mass is 9.85. The van der Waals surface area contributed by atoms with Gasteiger partial charge >= 0.3 is 6.03 Å². The summed E-state index contributed by atoms with van der Waals surface area (Å²) >= 11 is 0. The Morgan fingerprint density at radius 3 is 2.44 bits per heavy atom. The first-order valence-corrected chi connectivity index (χ1v) is 18.2. The zero-order chi connectivity index (χ0) is 39.0. The molecule has 1 aliphatic heterocycles. The number of rotatable bonds is 13. The van der Waals surface area contributed by atoms with Gasteiger partial charge in [-0.25, -0.2) is 4.79 Å². The number of nitrogens with zero attached hydrogens (tertiary/aromatic N) is 3. The Balaban J connectivity index is 1.17. The summed E-state index contributed by atoms with van der Waals surface area (Å²) in [5.74, 6) is 1.70. The Hall–Kier alpha value is -6.16. The summed E-state index contributed by atoms with van der Waals surface area (Å²) in [5.41, 5.74) is 9.94. The normalized spacial score (nSPS) is 13.1. The highest BCUT2D eigenvalue weighted by atomic mass is 16.5. The number of amides is 3. The van der Waals surface area contributed by atoms with Crippen LogP contribution < -0.4 is 30.6 Å². The van der Waals surface area contributed by atoms with Gasteiger partial charge in [-0.15, -0.1) is 0 Å². The van der Waals surface area contributed by atoms with Crippen molar-refractivity contribution in [3.05, 3.63) is 113 Å². The van der Waals surface area contributed by atoms with Crippen molar-refractivity contribution in [1.29, 1.82) is 5.26 Å². The Morgan fingerprint density at radius 2 is 1.71 bits per heavy atom. The fourth-order valence-corrected chi connectivity index (χ4v) is 6.50. The number of nitrogens with two attached hydrogens (primary N) is 1. The maximum atomic E-state index is 13.5. The highest BCUT2D eigenvalue weighted by Gasteiger charge is 2.22. The summed E-state index contributed by atoms with van der Waals surface area (Å²) in [7, 11) is 1.49. The van der Waals surface area contributed by atoms with Gasteiger partial charge in [0.1, 0.15) is 29.6 Å². The minimum Gasteiger partial charge on any atom is -0.494 e. The molecule has 12 heteroatoms. The number of pyridine rings is 1. The number of hydrogen-bond donors (Lipinski definition) is 3. The number of benzene rings is 4. The Bertz CT molecular complexity index is 2220. The van der Waals surface area contributed by atoms with E-state index < -0.39 is 11.9 Å². The monoisotopic (exact) mass is 742 g/mol. The van der Waals surface area contributed by atoms with Crippen molar-refractivity contribution in [2.24, 2.45) is 5.73 Å². The number of carbonyl (C=O) groups is 2. The summed E-state index contributed by atoms with van der Waals surface area (Å²) in [6, 6.07) is 25.9. The number of ether oxygens (including phenoxy) is 4. The first-order chi connectivity index (χ1) is 26.5. The molecule has 0 bridgehead atoms. The second-order valence-corrected chi connectivity index (χ2v) is 14.4. The molecular weight excluding hydrogens is 697 g/mol.